The van der Waals surface area contributed by atoms with E-state index >= 15 is 0 Å². The van der Waals surface area contributed by atoms with Gasteiger partial charge in [-0.3, -0.25) is 0 Å². The van der Waals surface area contributed by atoms with Gasteiger partial charge in [-0.1, -0.05) is 0 Å². The molecule has 0 spiro atoms. The largest absolute Gasteiger partial charge is 0.388 e. The number of hydrogen-bond acceptors (Lipinski definition) is 4. The highest BCUT2D eigenvalue weighted by Gasteiger charge is 2.14. The Morgan fingerprint density at radius 2 is 2.40 bits per heavy atom. The van der Waals surface area contributed by atoms with E-state index in [0.29, 0.717) is 12.4 Å². The van der Waals surface area contributed by atoms with Crippen LogP contribution in [-0.2, 0) is 0 Å². The second-order valence-electron chi connectivity index (χ2n) is 3.84. The van der Waals surface area contributed by atoms with Crippen molar-refractivity contribution < 1.29 is 5.11 Å². The summed E-state index contributed by atoms with van der Waals surface area (Å²) < 4.78 is 0. The molecule has 1 atom stereocenters. The number of hydrogen-bond donors (Lipinski definition) is 3. The van der Waals surface area contributed by atoms with Gasteiger partial charge in [-0.25, -0.2) is 4.98 Å². The van der Waals surface area contributed by atoms with E-state index in [-0.39, 0.29) is 0 Å². The van der Waals surface area contributed by atoms with Crippen LogP contribution in [0.5, 0.6) is 0 Å². The molecule has 1 aromatic rings. The van der Waals surface area contributed by atoms with Gasteiger partial charge in [-0.15, -0.1) is 0 Å². The highest BCUT2D eigenvalue weighted by Crippen LogP contribution is 2.22. The van der Waals surface area contributed by atoms with E-state index in [4.69, 9.17) is 5.73 Å². The van der Waals surface area contributed by atoms with E-state index in [1.165, 1.54) is 0 Å². The van der Waals surface area contributed by atoms with Crippen LogP contribution < -0.4 is 11.1 Å². The Morgan fingerprint density at radius 3 is 3.13 bits per heavy atom. The lowest BCUT2D eigenvalue weighted by Crippen LogP contribution is -2.32. The van der Waals surface area contributed by atoms with Crippen LogP contribution in [0.1, 0.15) is 11.1 Å². The van der Waals surface area contributed by atoms with Gasteiger partial charge in [0.15, 0.2) is 0 Å². The molecule has 1 aliphatic rings. The number of anilines is 1. The van der Waals surface area contributed by atoms with Crippen LogP contribution in [0.15, 0.2) is 18.3 Å². The van der Waals surface area contributed by atoms with Crippen molar-refractivity contribution in [2.75, 3.05) is 18.8 Å². The molecule has 0 saturated heterocycles. The minimum absolute atomic E-state index is 0.436. The molecule has 0 saturated carbocycles. The Morgan fingerprint density at radius 1 is 1.60 bits per heavy atom. The van der Waals surface area contributed by atoms with Gasteiger partial charge in [0.05, 0.1) is 6.10 Å². The summed E-state index contributed by atoms with van der Waals surface area (Å²) in [5.41, 5.74) is 8.81. The predicted molar refractivity (Wildman–Crippen MR) is 60.2 cm³/mol. The lowest BCUT2D eigenvalue weighted by atomic mass is 10.0. The summed E-state index contributed by atoms with van der Waals surface area (Å²) in [6.07, 6.45) is 3.14. The average molecular weight is 205 g/mol. The summed E-state index contributed by atoms with van der Waals surface area (Å²) in [4.78, 5) is 4.11. The topological polar surface area (TPSA) is 71.2 Å². The van der Waals surface area contributed by atoms with Gasteiger partial charge in [-0.2, -0.15) is 0 Å². The van der Waals surface area contributed by atoms with E-state index in [1.54, 1.807) is 6.20 Å². The van der Waals surface area contributed by atoms with Crippen LogP contribution in [-0.4, -0.2) is 29.3 Å². The monoisotopic (exact) mass is 205 g/mol. The quantitative estimate of drug-likeness (QED) is 0.617. The maximum atomic E-state index is 9.50. The minimum atomic E-state index is -0.436. The van der Waals surface area contributed by atoms with Crippen LogP contribution in [0, 0.1) is 6.92 Å². The number of nitrogens with zero attached hydrogens (tertiary/aromatic N) is 1. The molecule has 1 aliphatic heterocycles. The summed E-state index contributed by atoms with van der Waals surface area (Å²) >= 11 is 0. The zero-order chi connectivity index (χ0) is 10.8. The Labute approximate surface area is 88.8 Å². The number of nitrogens with one attached hydrogen (secondary N) is 1. The van der Waals surface area contributed by atoms with Crippen molar-refractivity contribution in [1.29, 1.82) is 0 Å². The number of β-amino-alcohol motifs (C(OH)–C–C–N with tert-alkyl or cyclic N) is 1. The van der Waals surface area contributed by atoms with Crippen LogP contribution in [0.25, 0.3) is 5.57 Å². The smallest absolute Gasteiger partial charge is 0.130 e. The van der Waals surface area contributed by atoms with Gasteiger partial charge in [-0.05, 0) is 30.2 Å². The maximum Gasteiger partial charge on any atom is 0.130 e. The molecule has 0 fully saturated rings. The van der Waals surface area contributed by atoms with Gasteiger partial charge in [0.25, 0.3) is 0 Å². The number of pyridine rings is 1. The second kappa shape index (κ2) is 4.00. The first-order chi connectivity index (χ1) is 7.16. The molecule has 1 aromatic heterocycles. The fourth-order valence-corrected chi connectivity index (χ4v) is 1.73. The first-order valence-electron chi connectivity index (χ1n) is 4.99. The summed E-state index contributed by atoms with van der Waals surface area (Å²) in [7, 11) is 0. The van der Waals surface area contributed by atoms with Crippen LogP contribution in [0.3, 0.4) is 0 Å². The van der Waals surface area contributed by atoms with Gasteiger partial charge in [0, 0.05) is 24.8 Å². The van der Waals surface area contributed by atoms with Gasteiger partial charge >= 0.3 is 0 Å². The van der Waals surface area contributed by atoms with Crippen LogP contribution in [0.4, 0.5) is 5.82 Å². The highest BCUT2D eigenvalue weighted by atomic mass is 16.3. The molecule has 4 N–H and O–H groups in total. The maximum absolute atomic E-state index is 9.50. The van der Waals surface area contributed by atoms with E-state index in [1.807, 2.05) is 19.1 Å². The van der Waals surface area contributed by atoms with Crippen molar-refractivity contribution in [1.82, 2.24) is 10.3 Å². The molecule has 2 rings (SSSR count). The number of aryl methyl sites for hydroxylation is 1. The fourth-order valence-electron chi connectivity index (χ4n) is 1.73. The second-order valence-corrected chi connectivity index (χ2v) is 3.84. The molecule has 4 heteroatoms. The third-order valence-electron chi connectivity index (χ3n) is 2.46. The van der Waals surface area contributed by atoms with Crippen molar-refractivity contribution in [3.63, 3.8) is 0 Å². The number of nitrogens with two attached hydrogens (primary N) is 1. The van der Waals surface area contributed by atoms with Crippen molar-refractivity contribution in [3.8, 4) is 0 Å². The van der Waals surface area contributed by atoms with Crippen molar-refractivity contribution in [3.05, 3.63) is 29.5 Å². The normalized spacial score (nSPS) is 21.2. The minimum Gasteiger partial charge on any atom is -0.388 e. The first kappa shape index (κ1) is 10.1. The molecule has 2 heterocycles. The summed E-state index contributed by atoms with van der Waals surface area (Å²) in [5.74, 6) is 0.516. The van der Waals surface area contributed by atoms with Gasteiger partial charge in [0.2, 0.25) is 0 Å². The molecule has 15 heavy (non-hydrogen) atoms. The van der Waals surface area contributed by atoms with E-state index in [0.717, 1.165) is 23.2 Å². The summed E-state index contributed by atoms with van der Waals surface area (Å²) in [5, 5.41) is 12.6. The number of rotatable bonds is 1. The Kier molecular flexibility index (Phi) is 2.70. The lowest BCUT2D eigenvalue weighted by Gasteiger charge is -2.19. The summed E-state index contributed by atoms with van der Waals surface area (Å²) in [6, 6.07) is 1.99. The number of nitrogen functional groups attached to an aromatic ring is 1. The van der Waals surface area contributed by atoms with Crippen molar-refractivity contribution in [2.24, 2.45) is 0 Å². The molecule has 4 nitrogen and oxygen atoms in total. The molecule has 0 aromatic carbocycles. The van der Waals surface area contributed by atoms with Crippen LogP contribution in [0.2, 0.25) is 0 Å². The van der Waals surface area contributed by atoms with Crippen molar-refractivity contribution >= 4 is 11.4 Å². The third kappa shape index (κ3) is 2.16. The molecule has 0 radical (unpaired) electrons. The Bertz CT molecular complexity index is 401. The lowest BCUT2D eigenvalue weighted by molar-refractivity contribution is 0.217. The molecule has 0 amide bonds. The highest BCUT2D eigenvalue weighted by molar-refractivity contribution is 5.75. The number of aliphatic hydroxyl groups excluding tert-OH is 1. The van der Waals surface area contributed by atoms with Gasteiger partial charge < -0.3 is 16.2 Å². The number of aliphatic hydroxyl groups is 1. The zero-order valence-electron chi connectivity index (χ0n) is 8.70. The molecule has 80 valence electrons. The van der Waals surface area contributed by atoms with E-state index in [9.17, 15) is 5.11 Å². The van der Waals surface area contributed by atoms with Crippen molar-refractivity contribution in [2.45, 2.75) is 13.0 Å². The summed E-state index contributed by atoms with van der Waals surface area (Å²) in [6.45, 7) is 3.30. The SMILES string of the molecule is Cc1cnc(N)c(C2=CC(O)CNC2)c1. The number of aromatic nitrogens is 1. The fraction of sp³-hybridized carbons (Fsp3) is 0.364. The third-order valence-corrected chi connectivity index (χ3v) is 2.46. The van der Waals surface area contributed by atoms with E-state index in [2.05, 4.69) is 10.3 Å². The van der Waals surface area contributed by atoms with E-state index < -0.39 is 6.10 Å². The molecular weight excluding hydrogens is 190 g/mol. The Balaban J connectivity index is 2.40. The molecule has 0 bridgehead atoms. The predicted octanol–water partition coefficient (Wildman–Crippen LogP) is 0.320. The molecular formula is C11H15N3O. The first-order valence-corrected chi connectivity index (χ1v) is 4.99. The van der Waals surface area contributed by atoms with Gasteiger partial charge in [0.1, 0.15) is 5.82 Å². The zero-order valence-corrected chi connectivity index (χ0v) is 8.70. The molecule has 0 aliphatic carbocycles. The standard InChI is InChI=1S/C11H15N3O/c1-7-2-10(11(12)14-4-7)8-3-9(15)6-13-5-8/h2-4,9,13,15H,5-6H2,1H3,(H2,12,14). The average Bonchev–Trinajstić information content (AvgIpc) is 2.22. The Hall–Kier alpha value is -1.39. The van der Waals surface area contributed by atoms with Crippen LogP contribution >= 0.6 is 0 Å². The molecule has 1 unspecified atom stereocenters.